The smallest absolute Gasteiger partial charge is 0.163 e. The van der Waals surface area contributed by atoms with Crippen LogP contribution in [0.4, 0.5) is 0 Å². The fraction of sp³-hybridized carbons (Fsp3) is 0. The van der Waals surface area contributed by atoms with Crippen LogP contribution in [0.15, 0.2) is 146 Å². The van der Waals surface area contributed by atoms with Crippen LogP contribution in [0.5, 0.6) is 0 Å². The molecule has 0 aliphatic heterocycles. The molecule has 3 aromatic heterocycles. The van der Waals surface area contributed by atoms with Crippen LogP contribution < -0.4 is 0 Å². The highest BCUT2D eigenvalue weighted by Crippen LogP contribution is 2.35. The first-order chi connectivity index (χ1) is 21.3. The third kappa shape index (κ3) is 4.42. The standard InChI is InChI=1S/C37H24N6/c1-2-10-26(11-3-1)36-41-32(22-33(42-36)28-12-4-5-15-31(28)37-39-23-38-24-40-37)25-18-20-27(21-19-25)43-34-16-8-6-13-29(34)30-14-7-9-17-35(30)43/h1-24H. The van der Waals surface area contributed by atoms with E-state index in [1.165, 1.54) is 34.5 Å². The van der Waals surface area contributed by atoms with Gasteiger partial charge in [0.1, 0.15) is 12.7 Å². The molecule has 8 aromatic rings. The predicted octanol–water partition coefficient (Wildman–Crippen LogP) is 8.43. The highest BCUT2D eigenvalue weighted by atomic mass is 15.0. The van der Waals surface area contributed by atoms with Gasteiger partial charge in [-0.25, -0.2) is 24.9 Å². The predicted molar refractivity (Wildman–Crippen MR) is 171 cm³/mol. The van der Waals surface area contributed by atoms with Crippen LogP contribution in [0.25, 0.3) is 72.8 Å². The van der Waals surface area contributed by atoms with E-state index in [2.05, 4.69) is 92.3 Å². The van der Waals surface area contributed by atoms with Gasteiger partial charge >= 0.3 is 0 Å². The second-order valence-electron chi connectivity index (χ2n) is 10.3. The summed E-state index contributed by atoms with van der Waals surface area (Å²) in [5, 5.41) is 2.49. The Bertz CT molecular complexity index is 2170. The first kappa shape index (κ1) is 24.8. The fourth-order valence-electron chi connectivity index (χ4n) is 5.71. The second-order valence-corrected chi connectivity index (χ2v) is 10.3. The number of hydrogen-bond acceptors (Lipinski definition) is 5. The van der Waals surface area contributed by atoms with Gasteiger partial charge in [-0.3, -0.25) is 0 Å². The molecule has 202 valence electrons. The second kappa shape index (κ2) is 10.4. The minimum Gasteiger partial charge on any atom is -0.309 e. The summed E-state index contributed by atoms with van der Waals surface area (Å²) >= 11 is 0. The Kier molecular flexibility index (Phi) is 6.01. The normalized spacial score (nSPS) is 11.3. The van der Waals surface area contributed by atoms with E-state index >= 15 is 0 Å². The quantitative estimate of drug-likeness (QED) is 0.214. The molecule has 43 heavy (non-hydrogen) atoms. The molecule has 0 saturated carbocycles. The molecule has 3 heterocycles. The van der Waals surface area contributed by atoms with E-state index in [1.54, 1.807) is 0 Å². The first-order valence-corrected chi connectivity index (χ1v) is 14.1. The van der Waals surface area contributed by atoms with Gasteiger partial charge in [-0.05, 0) is 30.3 Å². The van der Waals surface area contributed by atoms with Crippen LogP contribution in [-0.2, 0) is 0 Å². The first-order valence-electron chi connectivity index (χ1n) is 14.1. The van der Waals surface area contributed by atoms with Crippen molar-refractivity contribution >= 4 is 21.8 Å². The Hall–Kier alpha value is -6.01. The fourth-order valence-corrected chi connectivity index (χ4v) is 5.71. The van der Waals surface area contributed by atoms with Crippen molar-refractivity contribution in [2.45, 2.75) is 0 Å². The Morgan fingerprint density at radius 3 is 1.72 bits per heavy atom. The van der Waals surface area contributed by atoms with Crippen molar-refractivity contribution in [3.05, 3.63) is 146 Å². The number of hydrogen-bond donors (Lipinski definition) is 0. The van der Waals surface area contributed by atoms with Crippen LogP contribution in [0, 0.1) is 0 Å². The van der Waals surface area contributed by atoms with Crippen molar-refractivity contribution in [3.8, 4) is 51.0 Å². The number of aromatic nitrogens is 6. The highest BCUT2D eigenvalue weighted by molar-refractivity contribution is 6.09. The number of rotatable bonds is 5. The Balaban J connectivity index is 1.28. The molecule has 8 rings (SSSR count). The molecule has 6 heteroatoms. The van der Waals surface area contributed by atoms with E-state index in [4.69, 9.17) is 9.97 Å². The molecular weight excluding hydrogens is 528 g/mol. The van der Waals surface area contributed by atoms with Gasteiger partial charge in [0.05, 0.1) is 22.4 Å². The number of fused-ring (bicyclic) bond motifs is 3. The summed E-state index contributed by atoms with van der Waals surface area (Å²) in [6.07, 6.45) is 3.03. The van der Waals surface area contributed by atoms with Crippen LogP contribution in [-0.4, -0.2) is 29.5 Å². The molecular formula is C37H24N6. The lowest BCUT2D eigenvalue weighted by molar-refractivity contribution is 1.06. The number of nitrogens with zero attached hydrogens (tertiary/aromatic N) is 6. The highest BCUT2D eigenvalue weighted by Gasteiger charge is 2.16. The Morgan fingerprint density at radius 1 is 0.442 bits per heavy atom. The van der Waals surface area contributed by atoms with E-state index in [1.807, 2.05) is 60.7 Å². The molecule has 0 aliphatic carbocycles. The summed E-state index contributed by atoms with van der Waals surface area (Å²) in [6.45, 7) is 0. The molecule has 5 aromatic carbocycles. The van der Waals surface area contributed by atoms with Crippen molar-refractivity contribution in [3.63, 3.8) is 0 Å². The van der Waals surface area contributed by atoms with Gasteiger partial charge in [0.25, 0.3) is 0 Å². The minimum absolute atomic E-state index is 0.600. The summed E-state index contributed by atoms with van der Waals surface area (Å²) in [6, 6.07) is 45.9. The van der Waals surface area contributed by atoms with E-state index in [0.717, 1.165) is 39.3 Å². The molecule has 0 spiro atoms. The third-order valence-corrected chi connectivity index (χ3v) is 7.70. The van der Waals surface area contributed by atoms with Gasteiger partial charge in [-0.15, -0.1) is 0 Å². The van der Waals surface area contributed by atoms with Crippen LogP contribution in [0.2, 0.25) is 0 Å². The maximum absolute atomic E-state index is 5.03. The minimum atomic E-state index is 0.600. The van der Waals surface area contributed by atoms with Gasteiger partial charge < -0.3 is 4.57 Å². The zero-order valence-electron chi connectivity index (χ0n) is 23.0. The topological polar surface area (TPSA) is 69.4 Å². The summed E-state index contributed by atoms with van der Waals surface area (Å²) in [7, 11) is 0. The molecule has 0 N–H and O–H groups in total. The van der Waals surface area contributed by atoms with Gasteiger partial charge in [-0.2, -0.15) is 0 Å². The van der Waals surface area contributed by atoms with E-state index < -0.39 is 0 Å². The van der Waals surface area contributed by atoms with Crippen LogP contribution >= 0.6 is 0 Å². The molecule has 0 aliphatic rings. The van der Waals surface area contributed by atoms with E-state index in [0.29, 0.717) is 11.6 Å². The Morgan fingerprint density at radius 2 is 1.02 bits per heavy atom. The SMILES string of the molecule is c1ccc(-c2nc(-c3ccc(-n4c5ccccc5c5ccccc54)cc3)cc(-c3ccccc3-c3ncncn3)n2)cc1. The lowest BCUT2D eigenvalue weighted by Gasteiger charge is -2.13. The van der Waals surface area contributed by atoms with Crippen molar-refractivity contribution < 1.29 is 0 Å². The average Bonchev–Trinajstić information content (AvgIpc) is 3.43. The van der Waals surface area contributed by atoms with Crippen molar-refractivity contribution in [2.24, 2.45) is 0 Å². The molecule has 0 atom stereocenters. The summed E-state index contributed by atoms with van der Waals surface area (Å²) in [4.78, 5) is 22.9. The molecule has 0 radical (unpaired) electrons. The number of para-hydroxylation sites is 2. The summed E-state index contributed by atoms with van der Waals surface area (Å²) in [5.74, 6) is 1.26. The molecule has 6 nitrogen and oxygen atoms in total. The summed E-state index contributed by atoms with van der Waals surface area (Å²) < 4.78 is 2.32. The average molecular weight is 553 g/mol. The lowest BCUT2D eigenvalue weighted by Crippen LogP contribution is -1.98. The monoisotopic (exact) mass is 552 g/mol. The third-order valence-electron chi connectivity index (χ3n) is 7.70. The van der Waals surface area contributed by atoms with Gasteiger partial charge in [-0.1, -0.05) is 103 Å². The summed E-state index contributed by atoms with van der Waals surface area (Å²) in [5.41, 5.74) is 8.86. The molecule has 0 fully saturated rings. The molecule has 0 bridgehead atoms. The van der Waals surface area contributed by atoms with Gasteiger partial charge in [0, 0.05) is 38.7 Å². The lowest BCUT2D eigenvalue weighted by atomic mass is 10.0. The van der Waals surface area contributed by atoms with Crippen molar-refractivity contribution in [1.29, 1.82) is 0 Å². The van der Waals surface area contributed by atoms with Crippen LogP contribution in [0.1, 0.15) is 0 Å². The van der Waals surface area contributed by atoms with Gasteiger partial charge in [0.15, 0.2) is 11.6 Å². The number of benzene rings is 5. The Labute approximate surface area is 248 Å². The van der Waals surface area contributed by atoms with E-state index in [9.17, 15) is 0 Å². The van der Waals surface area contributed by atoms with Crippen molar-refractivity contribution in [1.82, 2.24) is 29.5 Å². The maximum Gasteiger partial charge on any atom is 0.163 e. The maximum atomic E-state index is 5.03. The molecule has 0 unspecified atom stereocenters. The van der Waals surface area contributed by atoms with Crippen molar-refractivity contribution in [2.75, 3.05) is 0 Å². The van der Waals surface area contributed by atoms with E-state index in [-0.39, 0.29) is 0 Å². The van der Waals surface area contributed by atoms with Gasteiger partial charge in [0.2, 0.25) is 0 Å². The van der Waals surface area contributed by atoms with Crippen LogP contribution in [0.3, 0.4) is 0 Å². The zero-order chi connectivity index (χ0) is 28.6. The largest absolute Gasteiger partial charge is 0.309 e. The zero-order valence-corrected chi connectivity index (χ0v) is 23.0. The molecule has 0 saturated heterocycles. The molecule has 0 amide bonds.